The molecule has 0 saturated carbocycles. The van der Waals surface area contributed by atoms with Crippen molar-refractivity contribution >= 4 is 48.5 Å². The van der Waals surface area contributed by atoms with Crippen molar-refractivity contribution in [1.29, 1.82) is 0 Å². The summed E-state index contributed by atoms with van der Waals surface area (Å²) in [5.41, 5.74) is 0.648. The molecule has 2 heterocycles. The van der Waals surface area contributed by atoms with E-state index in [4.69, 9.17) is 9.47 Å². The molecule has 0 radical (unpaired) electrons. The molecule has 2 aromatic carbocycles. The molecule has 0 unspecified atom stereocenters. The second-order valence-electron chi connectivity index (χ2n) is 5.41. The lowest BCUT2D eigenvalue weighted by Crippen LogP contribution is -2.13. The van der Waals surface area contributed by atoms with Crippen LogP contribution >= 0.6 is 27.3 Å². The maximum Gasteiger partial charge on any atom is 0.260 e. The van der Waals surface area contributed by atoms with E-state index in [2.05, 4.69) is 26.2 Å². The number of amides is 1. The molecular formula is C17H12BrFN2O3S. The number of halogens is 2. The van der Waals surface area contributed by atoms with Crippen molar-refractivity contribution in [1.82, 2.24) is 4.98 Å². The fraction of sp³-hybridized carbons (Fsp3) is 0.176. The molecule has 8 heteroatoms. The van der Waals surface area contributed by atoms with Gasteiger partial charge in [-0.2, -0.15) is 0 Å². The van der Waals surface area contributed by atoms with Crippen LogP contribution in [-0.4, -0.2) is 24.1 Å². The minimum absolute atomic E-state index is 0.0453. The highest BCUT2D eigenvalue weighted by molar-refractivity contribution is 9.10. The average molecular weight is 423 g/mol. The van der Waals surface area contributed by atoms with Gasteiger partial charge in [0.25, 0.3) is 5.91 Å². The van der Waals surface area contributed by atoms with E-state index in [0.29, 0.717) is 39.8 Å². The van der Waals surface area contributed by atoms with Crippen LogP contribution in [-0.2, 0) is 0 Å². The van der Waals surface area contributed by atoms with E-state index >= 15 is 0 Å². The number of thiazole rings is 1. The summed E-state index contributed by atoms with van der Waals surface area (Å²) in [4.78, 5) is 16.7. The van der Waals surface area contributed by atoms with E-state index in [0.717, 1.165) is 11.1 Å². The highest BCUT2D eigenvalue weighted by Gasteiger charge is 2.17. The normalized spacial score (nSPS) is 13.5. The molecule has 25 heavy (non-hydrogen) atoms. The Morgan fingerprint density at radius 2 is 1.96 bits per heavy atom. The van der Waals surface area contributed by atoms with Crippen LogP contribution < -0.4 is 14.8 Å². The number of benzene rings is 2. The predicted molar refractivity (Wildman–Crippen MR) is 97.3 cm³/mol. The van der Waals surface area contributed by atoms with Gasteiger partial charge in [0.05, 0.1) is 29.0 Å². The van der Waals surface area contributed by atoms with E-state index in [-0.39, 0.29) is 5.56 Å². The minimum atomic E-state index is -0.588. The zero-order valence-electron chi connectivity index (χ0n) is 12.8. The number of nitrogens with zero attached hydrogens (tertiary/aromatic N) is 1. The highest BCUT2D eigenvalue weighted by Crippen LogP contribution is 2.37. The van der Waals surface area contributed by atoms with Gasteiger partial charge in [-0.3, -0.25) is 10.1 Å². The summed E-state index contributed by atoms with van der Waals surface area (Å²) in [7, 11) is 0. The van der Waals surface area contributed by atoms with E-state index in [1.807, 2.05) is 6.07 Å². The van der Waals surface area contributed by atoms with Gasteiger partial charge in [0.1, 0.15) is 5.82 Å². The number of aromatic nitrogens is 1. The number of ether oxygens (including phenoxy) is 2. The van der Waals surface area contributed by atoms with Crippen LogP contribution in [0.3, 0.4) is 0 Å². The summed E-state index contributed by atoms with van der Waals surface area (Å²) in [6, 6.07) is 7.85. The van der Waals surface area contributed by atoms with E-state index in [9.17, 15) is 9.18 Å². The van der Waals surface area contributed by atoms with Crippen LogP contribution in [0.25, 0.3) is 10.2 Å². The van der Waals surface area contributed by atoms with Gasteiger partial charge in [0, 0.05) is 23.0 Å². The summed E-state index contributed by atoms with van der Waals surface area (Å²) >= 11 is 4.53. The topological polar surface area (TPSA) is 60.5 Å². The monoisotopic (exact) mass is 422 g/mol. The van der Waals surface area contributed by atoms with Crippen molar-refractivity contribution in [2.45, 2.75) is 6.42 Å². The summed E-state index contributed by atoms with van der Waals surface area (Å²) < 4.78 is 26.6. The van der Waals surface area contributed by atoms with Gasteiger partial charge in [-0.25, -0.2) is 9.37 Å². The summed E-state index contributed by atoms with van der Waals surface area (Å²) in [5.74, 6) is 0.179. The van der Waals surface area contributed by atoms with Crippen molar-refractivity contribution < 1.29 is 18.7 Å². The Morgan fingerprint density at radius 3 is 2.76 bits per heavy atom. The third-order valence-electron chi connectivity index (χ3n) is 3.65. The smallest absolute Gasteiger partial charge is 0.260 e. The van der Waals surface area contributed by atoms with Gasteiger partial charge < -0.3 is 9.47 Å². The zero-order chi connectivity index (χ0) is 17.4. The molecule has 5 nitrogen and oxygen atoms in total. The maximum atomic E-state index is 13.8. The molecule has 1 aliphatic rings. The van der Waals surface area contributed by atoms with Crippen molar-refractivity contribution in [2.75, 3.05) is 18.5 Å². The van der Waals surface area contributed by atoms with Crippen LogP contribution in [0, 0.1) is 5.82 Å². The molecule has 0 saturated heterocycles. The molecule has 0 fully saturated rings. The van der Waals surface area contributed by atoms with Crippen LogP contribution in [0.4, 0.5) is 9.52 Å². The van der Waals surface area contributed by atoms with Crippen molar-refractivity contribution in [3.05, 3.63) is 46.2 Å². The molecule has 1 amide bonds. The first-order chi connectivity index (χ1) is 12.1. The van der Waals surface area contributed by atoms with Crippen LogP contribution in [0.15, 0.2) is 34.8 Å². The first-order valence-corrected chi connectivity index (χ1v) is 9.18. The number of fused-ring (bicyclic) bond motifs is 2. The molecule has 4 rings (SSSR count). The summed E-state index contributed by atoms with van der Waals surface area (Å²) in [6.07, 6.45) is 0.829. The lowest BCUT2D eigenvalue weighted by molar-refractivity contribution is 0.102. The molecule has 1 N–H and O–H groups in total. The molecule has 128 valence electrons. The molecule has 0 bridgehead atoms. The Morgan fingerprint density at radius 1 is 1.20 bits per heavy atom. The van der Waals surface area contributed by atoms with Crippen molar-refractivity contribution in [3.8, 4) is 11.5 Å². The van der Waals surface area contributed by atoms with Gasteiger partial charge in [-0.05, 0) is 18.2 Å². The lowest BCUT2D eigenvalue weighted by atomic mass is 10.2. The Balaban J connectivity index is 1.63. The number of rotatable bonds is 2. The molecular weight excluding hydrogens is 411 g/mol. The van der Waals surface area contributed by atoms with Gasteiger partial charge in [-0.15, -0.1) is 0 Å². The van der Waals surface area contributed by atoms with E-state index in [1.54, 1.807) is 6.07 Å². The van der Waals surface area contributed by atoms with Crippen LogP contribution in [0.1, 0.15) is 16.8 Å². The Hall–Kier alpha value is -2.19. The molecule has 0 atom stereocenters. The minimum Gasteiger partial charge on any atom is -0.490 e. The highest BCUT2D eigenvalue weighted by atomic mass is 79.9. The number of carbonyl (C=O) groups is 1. The summed E-state index contributed by atoms with van der Waals surface area (Å²) in [6.45, 7) is 1.19. The standard InChI is InChI=1S/C17H12BrFN2O3S/c18-9-2-3-11(19)10(6-9)16(22)21-17-20-12-7-13-14(8-15(12)25-17)24-5-1-4-23-13/h2-3,6-8H,1,4-5H2,(H,20,21,22). The number of hydrogen-bond acceptors (Lipinski definition) is 5. The Labute approximate surface area is 154 Å². The Bertz CT molecular complexity index is 933. The molecule has 0 spiro atoms. The van der Waals surface area contributed by atoms with Crippen LogP contribution in [0.5, 0.6) is 11.5 Å². The fourth-order valence-electron chi connectivity index (χ4n) is 2.47. The molecule has 3 aromatic rings. The number of hydrogen-bond donors (Lipinski definition) is 1. The van der Waals surface area contributed by atoms with Gasteiger partial charge in [0.2, 0.25) is 0 Å². The number of anilines is 1. The largest absolute Gasteiger partial charge is 0.490 e. The van der Waals surface area contributed by atoms with E-state index < -0.39 is 11.7 Å². The van der Waals surface area contributed by atoms with Gasteiger partial charge >= 0.3 is 0 Å². The van der Waals surface area contributed by atoms with Gasteiger partial charge in [0.15, 0.2) is 16.6 Å². The van der Waals surface area contributed by atoms with Crippen LogP contribution in [0.2, 0.25) is 0 Å². The van der Waals surface area contributed by atoms with E-state index in [1.165, 1.54) is 29.5 Å². The molecule has 1 aliphatic heterocycles. The molecule has 0 aliphatic carbocycles. The maximum absolute atomic E-state index is 13.8. The molecule has 1 aromatic heterocycles. The second-order valence-corrected chi connectivity index (χ2v) is 7.36. The SMILES string of the molecule is O=C(Nc1nc2cc3c(cc2s1)OCCCO3)c1cc(Br)ccc1F. The third-order valence-corrected chi connectivity index (χ3v) is 5.08. The first-order valence-electron chi connectivity index (χ1n) is 7.57. The first kappa shape index (κ1) is 16.3. The fourth-order valence-corrected chi connectivity index (χ4v) is 3.71. The van der Waals surface area contributed by atoms with Gasteiger partial charge in [-0.1, -0.05) is 27.3 Å². The quantitative estimate of drug-likeness (QED) is 0.654. The van der Waals surface area contributed by atoms with Crippen molar-refractivity contribution in [3.63, 3.8) is 0 Å². The summed E-state index contributed by atoms with van der Waals surface area (Å²) in [5, 5.41) is 3.03. The lowest BCUT2D eigenvalue weighted by Gasteiger charge is -2.05. The number of carbonyl (C=O) groups excluding carboxylic acids is 1. The second kappa shape index (κ2) is 6.61. The zero-order valence-corrected chi connectivity index (χ0v) is 15.2. The third kappa shape index (κ3) is 3.32. The van der Waals surface area contributed by atoms with Crippen molar-refractivity contribution in [2.24, 2.45) is 0 Å². The Kier molecular flexibility index (Phi) is 4.30. The average Bonchev–Trinajstić information content (AvgIpc) is 2.82. The predicted octanol–water partition coefficient (Wildman–Crippen LogP) is 4.61. The number of nitrogens with one attached hydrogen (secondary N) is 1.